The Morgan fingerprint density at radius 1 is 1.00 bits per heavy atom. The predicted molar refractivity (Wildman–Crippen MR) is 131 cm³/mol. The number of nitrogens with zero attached hydrogens (tertiary/aromatic N) is 3. The zero-order valence-corrected chi connectivity index (χ0v) is 19.1. The molecule has 178 valence electrons. The van der Waals surface area contributed by atoms with Gasteiger partial charge >= 0.3 is 0 Å². The van der Waals surface area contributed by atoms with Gasteiger partial charge in [-0.2, -0.15) is 0 Å². The molecule has 4 aromatic rings. The highest BCUT2D eigenvalue weighted by molar-refractivity contribution is 5.82. The number of phenols is 1. The number of fused-ring (bicyclic) bond motifs is 1. The number of benzene rings is 3. The number of amides is 1. The van der Waals surface area contributed by atoms with E-state index in [4.69, 9.17) is 4.98 Å². The number of phenolic OH excluding ortho intramolecular Hbond substituents is 1. The van der Waals surface area contributed by atoms with Crippen LogP contribution in [0.25, 0.3) is 11.3 Å². The van der Waals surface area contributed by atoms with E-state index in [0.717, 1.165) is 22.6 Å². The quantitative estimate of drug-likeness (QED) is 0.397. The van der Waals surface area contributed by atoms with Gasteiger partial charge in [0.05, 0.1) is 6.54 Å². The van der Waals surface area contributed by atoms with Crippen LogP contribution in [0.4, 0.5) is 15.9 Å². The van der Waals surface area contributed by atoms with Crippen molar-refractivity contribution in [2.24, 2.45) is 0 Å². The monoisotopic (exact) mass is 472 g/mol. The van der Waals surface area contributed by atoms with Gasteiger partial charge in [0, 0.05) is 24.3 Å². The number of hydrogen-bond acceptors (Lipinski definition) is 5. The first-order chi connectivity index (χ1) is 16.9. The first-order valence-corrected chi connectivity index (χ1v) is 11.3. The summed E-state index contributed by atoms with van der Waals surface area (Å²) in [5.41, 5.74) is 3.86. The third kappa shape index (κ3) is 4.61. The summed E-state index contributed by atoms with van der Waals surface area (Å²) in [5.74, 6) is 0.737. The first kappa shape index (κ1) is 22.6. The van der Waals surface area contributed by atoms with Crippen LogP contribution in [-0.4, -0.2) is 37.1 Å². The lowest BCUT2D eigenvalue weighted by atomic mass is 10.1. The molecule has 5 rings (SSSR count). The van der Waals surface area contributed by atoms with Crippen molar-refractivity contribution in [3.05, 3.63) is 95.6 Å². The van der Waals surface area contributed by atoms with Crippen LogP contribution < -0.4 is 5.32 Å². The van der Waals surface area contributed by atoms with E-state index in [1.165, 1.54) is 36.4 Å². The molecule has 0 radical (unpaired) electrons. The Hall–Kier alpha value is -4.17. The summed E-state index contributed by atoms with van der Waals surface area (Å²) < 4.78 is 15.6. The summed E-state index contributed by atoms with van der Waals surface area (Å²) in [6.45, 7) is 3.11. The van der Waals surface area contributed by atoms with Gasteiger partial charge in [-0.15, -0.1) is 0 Å². The standard InChI is InChI=1S/C27H25FN4O3/c1-17-2-10-21(11-3-17)29-26-24(18-4-8-20(28)9-5-18)30-23-16-31(14-15-32(23)26)27(35)25(34)19-6-12-22(33)13-7-19/h2-13,25,29,33-34H,14-16H2,1H3. The van der Waals surface area contributed by atoms with Gasteiger partial charge in [0.2, 0.25) is 0 Å². The highest BCUT2D eigenvalue weighted by atomic mass is 19.1. The van der Waals surface area contributed by atoms with Crippen molar-refractivity contribution in [3.8, 4) is 17.0 Å². The van der Waals surface area contributed by atoms with Crippen molar-refractivity contribution in [3.63, 3.8) is 0 Å². The number of hydrogen-bond donors (Lipinski definition) is 3. The minimum atomic E-state index is -1.33. The summed E-state index contributed by atoms with van der Waals surface area (Å²) in [5, 5.41) is 23.5. The Morgan fingerprint density at radius 2 is 1.69 bits per heavy atom. The summed E-state index contributed by atoms with van der Waals surface area (Å²) in [6, 6.07) is 20.1. The molecular formula is C27H25FN4O3. The summed E-state index contributed by atoms with van der Waals surface area (Å²) >= 11 is 0. The molecule has 2 heterocycles. The SMILES string of the molecule is Cc1ccc(Nc2c(-c3ccc(F)cc3)nc3n2CCN(C(=O)C(O)c2ccc(O)cc2)C3)cc1. The smallest absolute Gasteiger partial charge is 0.256 e. The van der Waals surface area contributed by atoms with Gasteiger partial charge in [-0.1, -0.05) is 29.8 Å². The second-order valence-corrected chi connectivity index (χ2v) is 8.63. The molecule has 1 aromatic heterocycles. The number of carbonyl (C=O) groups is 1. The maximum Gasteiger partial charge on any atom is 0.256 e. The minimum absolute atomic E-state index is 0.0651. The van der Waals surface area contributed by atoms with Crippen LogP contribution in [0.2, 0.25) is 0 Å². The van der Waals surface area contributed by atoms with Crippen molar-refractivity contribution in [2.75, 3.05) is 11.9 Å². The normalized spacial score (nSPS) is 13.9. The van der Waals surface area contributed by atoms with Crippen LogP contribution >= 0.6 is 0 Å². The number of aliphatic hydroxyl groups is 1. The highest BCUT2D eigenvalue weighted by Crippen LogP contribution is 2.34. The minimum Gasteiger partial charge on any atom is -0.508 e. The van der Waals surface area contributed by atoms with Gasteiger partial charge in [0.1, 0.15) is 28.9 Å². The predicted octanol–water partition coefficient (Wildman–Crippen LogP) is 4.52. The van der Waals surface area contributed by atoms with Crippen LogP contribution in [0.1, 0.15) is 23.1 Å². The lowest BCUT2D eigenvalue weighted by molar-refractivity contribution is -0.142. The van der Waals surface area contributed by atoms with Gasteiger partial charge in [0.25, 0.3) is 5.91 Å². The van der Waals surface area contributed by atoms with Gasteiger partial charge in [-0.05, 0) is 61.0 Å². The summed E-state index contributed by atoms with van der Waals surface area (Å²) in [4.78, 5) is 19.4. The number of halogens is 1. The van der Waals surface area contributed by atoms with E-state index in [0.29, 0.717) is 30.2 Å². The largest absolute Gasteiger partial charge is 0.508 e. The second kappa shape index (κ2) is 9.23. The van der Waals surface area contributed by atoms with Gasteiger partial charge in [-0.25, -0.2) is 9.37 Å². The number of aryl methyl sites for hydroxylation is 1. The van der Waals surface area contributed by atoms with Gasteiger partial charge < -0.3 is 25.0 Å². The van der Waals surface area contributed by atoms with E-state index < -0.39 is 12.0 Å². The van der Waals surface area contributed by atoms with E-state index in [9.17, 15) is 19.4 Å². The van der Waals surface area contributed by atoms with E-state index in [2.05, 4.69) is 5.32 Å². The third-order valence-electron chi connectivity index (χ3n) is 6.16. The van der Waals surface area contributed by atoms with Crippen LogP contribution in [0.15, 0.2) is 72.8 Å². The zero-order valence-electron chi connectivity index (χ0n) is 19.1. The first-order valence-electron chi connectivity index (χ1n) is 11.3. The molecule has 3 N–H and O–H groups in total. The number of rotatable bonds is 5. The molecule has 7 nitrogen and oxygen atoms in total. The fourth-order valence-electron chi connectivity index (χ4n) is 4.20. The molecule has 1 atom stereocenters. The Labute approximate surface area is 202 Å². The van der Waals surface area contributed by atoms with E-state index in [1.54, 1.807) is 17.0 Å². The topological polar surface area (TPSA) is 90.6 Å². The van der Waals surface area contributed by atoms with Crippen molar-refractivity contribution < 1.29 is 19.4 Å². The van der Waals surface area contributed by atoms with Gasteiger partial charge in [0.15, 0.2) is 6.10 Å². The summed E-state index contributed by atoms with van der Waals surface area (Å²) in [6.07, 6.45) is -1.33. The Morgan fingerprint density at radius 3 is 2.37 bits per heavy atom. The van der Waals surface area contributed by atoms with Crippen molar-refractivity contribution in [2.45, 2.75) is 26.1 Å². The Balaban J connectivity index is 1.46. The number of aromatic hydroxyl groups is 1. The van der Waals surface area contributed by atoms with Crippen molar-refractivity contribution in [1.29, 1.82) is 0 Å². The molecule has 1 aliphatic heterocycles. The van der Waals surface area contributed by atoms with E-state index >= 15 is 0 Å². The Kier molecular flexibility index (Phi) is 5.96. The molecule has 0 fully saturated rings. The van der Waals surface area contributed by atoms with Crippen molar-refractivity contribution >= 4 is 17.4 Å². The molecule has 1 aliphatic rings. The lowest BCUT2D eigenvalue weighted by Crippen LogP contribution is -2.41. The Bertz CT molecular complexity index is 1350. The molecule has 0 spiro atoms. The molecule has 3 aromatic carbocycles. The van der Waals surface area contributed by atoms with Crippen LogP contribution in [0.5, 0.6) is 5.75 Å². The number of carbonyl (C=O) groups excluding carboxylic acids is 1. The second-order valence-electron chi connectivity index (χ2n) is 8.63. The number of imidazole rings is 1. The number of anilines is 2. The zero-order chi connectivity index (χ0) is 24.5. The van der Waals surface area contributed by atoms with Crippen molar-refractivity contribution in [1.82, 2.24) is 14.5 Å². The van der Waals surface area contributed by atoms with Crippen LogP contribution in [-0.2, 0) is 17.9 Å². The van der Waals surface area contributed by atoms with E-state index in [-0.39, 0.29) is 18.1 Å². The van der Waals surface area contributed by atoms with Gasteiger partial charge in [-0.3, -0.25) is 4.79 Å². The highest BCUT2D eigenvalue weighted by Gasteiger charge is 2.30. The van der Waals surface area contributed by atoms with Crippen LogP contribution in [0.3, 0.4) is 0 Å². The average molecular weight is 473 g/mol. The van der Waals surface area contributed by atoms with E-state index in [1.807, 2.05) is 35.8 Å². The number of aliphatic hydroxyl groups excluding tert-OH is 1. The molecule has 1 unspecified atom stereocenters. The molecule has 8 heteroatoms. The molecule has 0 saturated heterocycles. The number of aromatic nitrogens is 2. The molecule has 0 aliphatic carbocycles. The third-order valence-corrected chi connectivity index (χ3v) is 6.16. The average Bonchev–Trinajstić information content (AvgIpc) is 3.23. The maximum atomic E-state index is 13.6. The maximum absolute atomic E-state index is 13.6. The molecule has 35 heavy (non-hydrogen) atoms. The summed E-state index contributed by atoms with van der Waals surface area (Å²) in [7, 11) is 0. The fourth-order valence-corrected chi connectivity index (χ4v) is 4.20. The lowest BCUT2D eigenvalue weighted by Gasteiger charge is -2.30. The van der Waals surface area contributed by atoms with Crippen LogP contribution in [0, 0.1) is 12.7 Å². The number of nitrogens with one attached hydrogen (secondary N) is 1. The molecular weight excluding hydrogens is 447 g/mol. The fraction of sp³-hybridized carbons (Fsp3) is 0.185. The molecule has 0 bridgehead atoms. The molecule has 1 amide bonds. The molecule has 0 saturated carbocycles.